The van der Waals surface area contributed by atoms with Gasteiger partial charge in [-0.2, -0.15) is 4.31 Å². The van der Waals surface area contributed by atoms with Gasteiger partial charge in [-0.15, -0.1) is 0 Å². The molecular formula is C23H26N4O6S. The number of amides is 4. The van der Waals surface area contributed by atoms with Crippen molar-refractivity contribution in [3.05, 3.63) is 47.9 Å². The highest BCUT2D eigenvalue weighted by Crippen LogP contribution is 2.33. The van der Waals surface area contributed by atoms with Gasteiger partial charge in [0.05, 0.1) is 11.2 Å². The molecule has 2 fully saturated rings. The number of nitrogens with zero attached hydrogens (tertiary/aromatic N) is 3. The number of hydrogen-bond acceptors (Lipinski definition) is 6. The lowest BCUT2D eigenvalue weighted by atomic mass is 9.99. The number of carbonyl (C=O) groups excluding carboxylic acids is 3. The summed E-state index contributed by atoms with van der Waals surface area (Å²) >= 11 is 0. The highest BCUT2D eigenvalue weighted by Gasteiger charge is 2.51. The summed E-state index contributed by atoms with van der Waals surface area (Å²) in [5, 5.41) is 2.61. The van der Waals surface area contributed by atoms with Crippen molar-refractivity contribution in [1.82, 2.24) is 14.5 Å². The third kappa shape index (κ3) is 3.59. The number of sulfonamides is 1. The Morgan fingerprint density at radius 2 is 1.88 bits per heavy atom. The van der Waals surface area contributed by atoms with E-state index in [4.69, 9.17) is 4.42 Å². The molecule has 2 aromatic rings. The molecule has 11 heteroatoms. The number of rotatable bonds is 5. The van der Waals surface area contributed by atoms with Gasteiger partial charge in [0.15, 0.2) is 5.54 Å². The van der Waals surface area contributed by atoms with Crippen molar-refractivity contribution >= 4 is 33.6 Å². The number of benzene rings is 1. The van der Waals surface area contributed by atoms with Gasteiger partial charge >= 0.3 is 6.03 Å². The molecular weight excluding hydrogens is 460 g/mol. The van der Waals surface area contributed by atoms with Crippen LogP contribution in [0.1, 0.15) is 37.5 Å². The number of hydrogen-bond donors (Lipinski definition) is 1. The Morgan fingerprint density at radius 1 is 1.12 bits per heavy atom. The summed E-state index contributed by atoms with van der Waals surface area (Å²) in [4.78, 5) is 41.4. The van der Waals surface area contributed by atoms with Crippen LogP contribution in [-0.4, -0.2) is 61.6 Å². The molecule has 0 spiro atoms. The van der Waals surface area contributed by atoms with Crippen molar-refractivity contribution in [3.63, 3.8) is 0 Å². The molecule has 3 aliphatic heterocycles. The molecule has 5 rings (SSSR count). The Kier molecular flexibility index (Phi) is 5.48. The zero-order valence-electron chi connectivity index (χ0n) is 18.8. The molecule has 0 bridgehead atoms. The van der Waals surface area contributed by atoms with Gasteiger partial charge in [0.2, 0.25) is 15.9 Å². The van der Waals surface area contributed by atoms with Crippen LogP contribution in [-0.2, 0) is 31.6 Å². The molecule has 1 unspecified atom stereocenters. The summed E-state index contributed by atoms with van der Waals surface area (Å²) in [6, 6.07) is 7.37. The SMILES string of the molecule is CC1(c2ccco2)NC(=O)N(CC(=O)N2CCCc3cc(S(=O)(=O)N4CCCC4)ccc32)C1=O. The van der Waals surface area contributed by atoms with E-state index in [1.54, 1.807) is 24.3 Å². The van der Waals surface area contributed by atoms with Crippen molar-refractivity contribution in [2.75, 3.05) is 31.1 Å². The largest absolute Gasteiger partial charge is 0.466 e. The first kappa shape index (κ1) is 22.6. The van der Waals surface area contributed by atoms with Gasteiger partial charge in [-0.3, -0.25) is 14.5 Å². The molecule has 0 aliphatic carbocycles. The molecule has 4 amide bonds. The lowest BCUT2D eigenvalue weighted by Crippen LogP contribution is -2.46. The number of carbonyl (C=O) groups is 3. The number of urea groups is 1. The van der Waals surface area contributed by atoms with E-state index in [0.717, 1.165) is 23.3 Å². The normalized spacial score (nSPS) is 23.3. The second-order valence-electron chi connectivity index (χ2n) is 8.97. The van der Waals surface area contributed by atoms with Crippen LogP contribution in [0.25, 0.3) is 0 Å². The number of furan rings is 1. The molecule has 34 heavy (non-hydrogen) atoms. The van der Waals surface area contributed by atoms with Crippen LogP contribution in [0.4, 0.5) is 10.5 Å². The van der Waals surface area contributed by atoms with Gasteiger partial charge in [0, 0.05) is 25.3 Å². The average Bonchev–Trinajstić information content (AvgIpc) is 3.58. The van der Waals surface area contributed by atoms with E-state index < -0.39 is 40.0 Å². The molecule has 1 aromatic heterocycles. The summed E-state index contributed by atoms with van der Waals surface area (Å²) in [7, 11) is -3.56. The minimum absolute atomic E-state index is 0.228. The van der Waals surface area contributed by atoms with E-state index in [9.17, 15) is 22.8 Å². The van der Waals surface area contributed by atoms with E-state index in [0.29, 0.717) is 38.2 Å². The first-order valence-corrected chi connectivity index (χ1v) is 12.8. The summed E-state index contributed by atoms with van der Waals surface area (Å²) in [5.74, 6) is -0.691. The van der Waals surface area contributed by atoms with Crippen LogP contribution in [0.2, 0.25) is 0 Å². The molecule has 2 saturated heterocycles. The van der Waals surface area contributed by atoms with E-state index in [-0.39, 0.29) is 10.7 Å². The van der Waals surface area contributed by atoms with E-state index in [1.807, 2.05) is 0 Å². The van der Waals surface area contributed by atoms with Crippen LogP contribution >= 0.6 is 0 Å². The predicted molar refractivity (Wildman–Crippen MR) is 121 cm³/mol. The summed E-state index contributed by atoms with van der Waals surface area (Å²) in [5.41, 5.74) is -0.00515. The summed E-state index contributed by atoms with van der Waals surface area (Å²) in [6.45, 7) is 2.58. The first-order chi connectivity index (χ1) is 16.2. The highest BCUT2D eigenvalue weighted by atomic mass is 32.2. The number of aryl methyl sites for hydroxylation is 1. The maximum atomic E-state index is 13.2. The van der Waals surface area contributed by atoms with Gasteiger partial charge in [-0.25, -0.2) is 13.2 Å². The second kappa shape index (κ2) is 8.24. The Balaban J connectivity index is 1.36. The van der Waals surface area contributed by atoms with E-state index >= 15 is 0 Å². The predicted octanol–water partition coefficient (Wildman–Crippen LogP) is 1.81. The maximum absolute atomic E-state index is 13.2. The van der Waals surface area contributed by atoms with Crippen molar-refractivity contribution in [3.8, 4) is 0 Å². The zero-order valence-corrected chi connectivity index (χ0v) is 19.6. The molecule has 1 N–H and O–H groups in total. The molecule has 0 radical (unpaired) electrons. The van der Waals surface area contributed by atoms with E-state index in [2.05, 4.69) is 5.32 Å². The fourth-order valence-corrected chi connectivity index (χ4v) is 6.43. The third-order valence-corrected chi connectivity index (χ3v) is 8.65. The minimum Gasteiger partial charge on any atom is -0.466 e. The quantitative estimate of drug-likeness (QED) is 0.644. The molecule has 1 atom stereocenters. The van der Waals surface area contributed by atoms with Gasteiger partial charge in [0.25, 0.3) is 5.91 Å². The van der Waals surface area contributed by atoms with Crippen molar-refractivity contribution in [2.45, 2.75) is 43.0 Å². The Hall–Kier alpha value is -3.18. The monoisotopic (exact) mass is 486 g/mol. The number of nitrogens with one attached hydrogen (secondary N) is 1. The molecule has 1 aromatic carbocycles. The fourth-order valence-electron chi connectivity index (χ4n) is 4.86. The molecule has 10 nitrogen and oxygen atoms in total. The Labute approximate surface area is 197 Å². The van der Waals surface area contributed by atoms with Gasteiger partial charge < -0.3 is 14.6 Å². The lowest BCUT2D eigenvalue weighted by Gasteiger charge is -2.31. The fraction of sp³-hybridized carbons (Fsp3) is 0.435. The minimum atomic E-state index is -3.56. The molecule has 180 valence electrons. The zero-order chi connectivity index (χ0) is 24.1. The Bertz CT molecular complexity index is 1250. The topological polar surface area (TPSA) is 120 Å². The van der Waals surface area contributed by atoms with Gasteiger partial charge in [-0.1, -0.05) is 0 Å². The van der Waals surface area contributed by atoms with E-state index in [1.165, 1.54) is 28.5 Å². The second-order valence-corrected chi connectivity index (χ2v) is 10.9. The first-order valence-electron chi connectivity index (χ1n) is 11.3. The van der Waals surface area contributed by atoms with Crippen LogP contribution in [0.15, 0.2) is 45.9 Å². The van der Waals surface area contributed by atoms with Crippen molar-refractivity contribution in [1.29, 1.82) is 0 Å². The number of imide groups is 1. The smallest absolute Gasteiger partial charge is 0.325 e. The van der Waals surface area contributed by atoms with Crippen LogP contribution in [0, 0.1) is 0 Å². The molecule has 3 aliphatic rings. The number of fused-ring (bicyclic) bond motifs is 1. The van der Waals surface area contributed by atoms with Crippen LogP contribution in [0.3, 0.4) is 0 Å². The van der Waals surface area contributed by atoms with Gasteiger partial charge in [0.1, 0.15) is 12.3 Å². The summed E-state index contributed by atoms with van der Waals surface area (Å²) < 4.78 is 32.7. The Morgan fingerprint density at radius 3 is 2.59 bits per heavy atom. The molecule has 4 heterocycles. The standard InChI is InChI=1S/C23H26N4O6S/c1-23(19-7-5-13-33-19)21(29)27(22(30)24-23)15-20(28)26-12-4-6-16-14-17(8-9-18(16)26)34(31,32)25-10-2-3-11-25/h5,7-9,13-14H,2-4,6,10-12,15H2,1H3,(H,24,30). The average molecular weight is 487 g/mol. The number of anilines is 1. The van der Waals surface area contributed by atoms with Crippen molar-refractivity contribution in [2.24, 2.45) is 0 Å². The lowest BCUT2D eigenvalue weighted by molar-refractivity contribution is -0.134. The van der Waals surface area contributed by atoms with Crippen LogP contribution in [0.5, 0.6) is 0 Å². The molecule has 0 saturated carbocycles. The van der Waals surface area contributed by atoms with Gasteiger partial charge in [-0.05, 0) is 68.5 Å². The summed E-state index contributed by atoms with van der Waals surface area (Å²) in [6.07, 6.45) is 4.41. The van der Waals surface area contributed by atoms with Crippen molar-refractivity contribution < 1.29 is 27.2 Å². The maximum Gasteiger partial charge on any atom is 0.325 e. The van der Waals surface area contributed by atoms with Crippen LogP contribution < -0.4 is 10.2 Å². The highest BCUT2D eigenvalue weighted by molar-refractivity contribution is 7.89. The third-order valence-electron chi connectivity index (χ3n) is 6.76.